The maximum Gasteiger partial charge on any atom is 0.350 e. The van der Waals surface area contributed by atoms with Crippen molar-refractivity contribution >= 4 is 17.4 Å². The predicted octanol–water partition coefficient (Wildman–Crippen LogP) is 3.38. The minimum absolute atomic E-state index is 0.0993. The molecule has 0 radical (unpaired) electrons. The van der Waals surface area contributed by atoms with Crippen LogP contribution in [-0.4, -0.2) is 26.3 Å². The molecule has 0 saturated heterocycles. The summed E-state index contributed by atoms with van der Waals surface area (Å²) in [6.07, 6.45) is 3.02. The molecular weight excluding hydrogens is 386 g/mol. The van der Waals surface area contributed by atoms with Crippen LogP contribution in [0.3, 0.4) is 0 Å². The van der Waals surface area contributed by atoms with Gasteiger partial charge in [-0.05, 0) is 42.0 Å². The zero-order valence-electron chi connectivity index (χ0n) is 14.7. The second kappa shape index (κ2) is 7.43. The molecule has 28 heavy (non-hydrogen) atoms. The maximum atomic E-state index is 13.9. The number of methoxy groups -OCH3 is 1. The fraction of sp³-hybridized carbons (Fsp3) is 0.105. The highest BCUT2D eigenvalue weighted by Crippen LogP contribution is 2.28. The molecule has 9 heteroatoms. The lowest BCUT2D eigenvalue weighted by Crippen LogP contribution is -2.21. The van der Waals surface area contributed by atoms with E-state index in [0.717, 1.165) is 4.90 Å². The zero-order chi connectivity index (χ0) is 19.7. The highest BCUT2D eigenvalue weighted by atomic mass is 32.2. The van der Waals surface area contributed by atoms with E-state index >= 15 is 0 Å². The topological polar surface area (TPSA) is 61.4 Å². The largest absolute Gasteiger partial charge is 0.494 e. The van der Waals surface area contributed by atoms with Crippen LogP contribution in [0.5, 0.6) is 5.75 Å². The van der Waals surface area contributed by atoms with E-state index in [-0.39, 0.29) is 23.8 Å². The van der Waals surface area contributed by atoms with E-state index in [2.05, 4.69) is 10.1 Å². The summed E-state index contributed by atoms with van der Waals surface area (Å²) in [5, 5.41) is 4.85. The van der Waals surface area contributed by atoms with Crippen LogP contribution in [0.25, 0.3) is 5.65 Å². The number of hydrogen-bond donors (Lipinski definition) is 0. The fourth-order valence-electron chi connectivity index (χ4n) is 2.70. The highest BCUT2D eigenvalue weighted by molar-refractivity contribution is 7.99. The Kier molecular flexibility index (Phi) is 4.82. The first-order valence-corrected chi connectivity index (χ1v) is 9.07. The van der Waals surface area contributed by atoms with Crippen molar-refractivity contribution in [2.24, 2.45) is 0 Å². The van der Waals surface area contributed by atoms with Gasteiger partial charge in [-0.15, -0.1) is 5.10 Å². The Morgan fingerprint density at radius 2 is 1.93 bits per heavy atom. The molecule has 0 N–H and O–H groups in total. The minimum atomic E-state index is -0.508. The molecule has 0 saturated carbocycles. The number of ether oxygens (including phenoxy) is 1. The normalized spacial score (nSPS) is 11.1. The van der Waals surface area contributed by atoms with Gasteiger partial charge >= 0.3 is 5.69 Å². The molecule has 6 nitrogen and oxygen atoms in total. The lowest BCUT2D eigenvalue weighted by Gasteiger charge is -2.04. The summed E-state index contributed by atoms with van der Waals surface area (Å²) < 4.78 is 34.5. The summed E-state index contributed by atoms with van der Waals surface area (Å²) in [6, 6.07) is 10.4. The molecule has 4 rings (SSSR count). The molecule has 0 amide bonds. The first kappa shape index (κ1) is 18.2. The lowest BCUT2D eigenvalue weighted by molar-refractivity contribution is 0.386. The molecule has 0 fully saturated rings. The predicted molar refractivity (Wildman–Crippen MR) is 99.8 cm³/mol. The Hall–Kier alpha value is -3.20. The molecule has 0 aliphatic rings. The average molecular weight is 400 g/mol. The smallest absolute Gasteiger partial charge is 0.350 e. The van der Waals surface area contributed by atoms with E-state index in [0.29, 0.717) is 16.2 Å². The van der Waals surface area contributed by atoms with Crippen molar-refractivity contribution < 1.29 is 13.5 Å². The third kappa shape index (κ3) is 3.48. The van der Waals surface area contributed by atoms with Gasteiger partial charge in [0.25, 0.3) is 0 Å². The summed E-state index contributed by atoms with van der Waals surface area (Å²) in [4.78, 5) is 17.7. The summed E-state index contributed by atoms with van der Waals surface area (Å²) in [5.74, 6) is -0.706. The molecule has 0 bridgehead atoms. The molecule has 2 heterocycles. The van der Waals surface area contributed by atoms with Crippen molar-refractivity contribution in [1.29, 1.82) is 0 Å². The first-order chi connectivity index (χ1) is 13.5. The summed E-state index contributed by atoms with van der Waals surface area (Å²) >= 11 is 1.27. The number of rotatable bonds is 5. The van der Waals surface area contributed by atoms with E-state index in [4.69, 9.17) is 4.74 Å². The van der Waals surface area contributed by atoms with Gasteiger partial charge in [0.1, 0.15) is 10.8 Å². The van der Waals surface area contributed by atoms with Gasteiger partial charge in [0.15, 0.2) is 17.2 Å². The maximum absolute atomic E-state index is 13.9. The zero-order valence-corrected chi connectivity index (χ0v) is 15.5. The first-order valence-electron chi connectivity index (χ1n) is 8.25. The Labute approximate surface area is 162 Å². The van der Waals surface area contributed by atoms with Crippen molar-refractivity contribution in [1.82, 2.24) is 19.2 Å². The van der Waals surface area contributed by atoms with E-state index in [9.17, 15) is 13.6 Å². The molecule has 2 aromatic heterocycles. The van der Waals surface area contributed by atoms with Gasteiger partial charge < -0.3 is 4.74 Å². The molecule has 0 spiro atoms. The Morgan fingerprint density at radius 3 is 2.64 bits per heavy atom. The molecule has 2 aromatic carbocycles. The van der Waals surface area contributed by atoms with E-state index < -0.39 is 5.82 Å². The number of aromatic nitrogens is 4. The van der Waals surface area contributed by atoms with E-state index in [1.165, 1.54) is 64.6 Å². The molecular formula is C19H14F2N4O2S. The number of hydrogen-bond acceptors (Lipinski definition) is 5. The van der Waals surface area contributed by atoms with Crippen LogP contribution in [0.4, 0.5) is 8.78 Å². The quantitative estimate of drug-likeness (QED) is 0.514. The Balaban J connectivity index is 1.69. The van der Waals surface area contributed by atoms with Crippen LogP contribution in [0.2, 0.25) is 0 Å². The van der Waals surface area contributed by atoms with Gasteiger partial charge in [0.2, 0.25) is 0 Å². The molecule has 0 aliphatic heterocycles. The Bertz CT molecular complexity index is 1210. The van der Waals surface area contributed by atoms with Crippen LogP contribution in [0.1, 0.15) is 5.56 Å². The Morgan fingerprint density at radius 1 is 1.14 bits per heavy atom. The number of nitrogens with zero attached hydrogens (tertiary/aromatic N) is 4. The average Bonchev–Trinajstić information content (AvgIpc) is 3.01. The van der Waals surface area contributed by atoms with Crippen LogP contribution in [0, 0.1) is 11.6 Å². The SMILES string of the molecule is COc1ccc(Cn2nc3c(Sc4ccc(F)cc4)nccn3c2=O)cc1F. The monoisotopic (exact) mass is 400 g/mol. The summed E-state index contributed by atoms with van der Waals surface area (Å²) in [6.45, 7) is 0.0993. The number of benzene rings is 2. The fourth-order valence-corrected chi connectivity index (χ4v) is 3.54. The third-order valence-electron chi connectivity index (χ3n) is 4.05. The van der Waals surface area contributed by atoms with Crippen LogP contribution >= 0.6 is 11.8 Å². The molecule has 0 aliphatic carbocycles. The summed E-state index contributed by atoms with van der Waals surface area (Å²) in [5.41, 5.74) is 0.579. The number of halogens is 2. The van der Waals surface area contributed by atoms with Gasteiger partial charge in [0.05, 0.1) is 13.7 Å². The molecule has 0 atom stereocenters. The molecule has 4 aromatic rings. The van der Waals surface area contributed by atoms with Gasteiger partial charge in [0, 0.05) is 17.3 Å². The van der Waals surface area contributed by atoms with Gasteiger partial charge in [-0.3, -0.25) is 0 Å². The highest BCUT2D eigenvalue weighted by Gasteiger charge is 2.14. The van der Waals surface area contributed by atoms with Gasteiger partial charge in [-0.2, -0.15) is 0 Å². The van der Waals surface area contributed by atoms with Gasteiger partial charge in [-0.1, -0.05) is 17.8 Å². The number of fused-ring (bicyclic) bond motifs is 1. The van der Waals surface area contributed by atoms with Crippen molar-refractivity contribution in [2.45, 2.75) is 16.5 Å². The van der Waals surface area contributed by atoms with Crippen molar-refractivity contribution in [3.63, 3.8) is 0 Å². The standard InChI is InChI=1S/C19H14F2N4O2S/c1-27-16-7-2-12(10-15(16)21)11-25-19(26)24-9-8-22-18(17(24)23-25)28-14-5-3-13(20)4-6-14/h2-10H,11H2,1H3. The van der Waals surface area contributed by atoms with Crippen molar-refractivity contribution in [3.05, 3.63) is 82.5 Å². The van der Waals surface area contributed by atoms with Gasteiger partial charge in [-0.25, -0.2) is 27.6 Å². The third-order valence-corrected chi connectivity index (χ3v) is 5.04. The molecule has 142 valence electrons. The van der Waals surface area contributed by atoms with E-state index in [1.807, 2.05) is 0 Å². The van der Waals surface area contributed by atoms with E-state index in [1.54, 1.807) is 18.2 Å². The second-order valence-corrected chi connectivity index (χ2v) is 6.95. The molecule has 0 unspecified atom stereocenters. The van der Waals surface area contributed by atoms with Crippen molar-refractivity contribution in [2.75, 3.05) is 7.11 Å². The minimum Gasteiger partial charge on any atom is -0.494 e. The van der Waals surface area contributed by atoms with Crippen molar-refractivity contribution in [3.8, 4) is 5.75 Å². The second-order valence-electron chi connectivity index (χ2n) is 5.89. The summed E-state index contributed by atoms with van der Waals surface area (Å²) in [7, 11) is 1.39. The lowest BCUT2D eigenvalue weighted by atomic mass is 10.2. The van der Waals surface area contributed by atoms with Crippen LogP contribution in [0.15, 0.2) is 69.6 Å². The van der Waals surface area contributed by atoms with Crippen LogP contribution < -0.4 is 10.4 Å². The van der Waals surface area contributed by atoms with Crippen LogP contribution in [-0.2, 0) is 6.54 Å².